The Morgan fingerprint density at radius 1 is 2.00 bits per heavy atom. The fraction of sp³-hybridized carbons (Fsp3) is 0.600. The van der Waals surface area contributed by atoms with Crippen molar-refractivity contribution in [2.24, 2.45) is 5.92 Å². The van der Waals surface area contributed by atoms with Crippen molar-refractivity contribution in [2.75, 3.05) is 6.61 Å². The van der Waals surface area contributed by atoms with Gasteiger partial charge in [0, 0.05) is 6.61 Å². The monoisotopic (exact) mass is 112 g/mol. The molecule has 1 N–H and O–H groups in total. The molecule has 1 rings (SSSR count). The van der Waals surface area contributed by atoms with Crippen LogP contribution >= 0.6 is 0 Å². The first-order valence-corrected chi connectivity index (χ1v) is 2.70. The molecule has 1 fully saturated rings. The van der Waals surface area contributed by atoms with E-state index in [4.69, 9.17) is 9.68 Å². The van der Waals surface area contributed by atoms with Crippen LogP contribution in [0.3, 0.4) is 0 Å². The topological polar surface area (TPSA) is 29.5 Å². The summed E-state index contributed by atoms with van der Waals surface area (Å²) in [6.07, 6.45) is 0. The molecule has 1 heterocycles. The first-order chi connectivity index (χ1) is 3.72. The van der Waals surface area contributed by atoms with E-state index in [2.05, 4.69) is 6.58 Å². The second kappa shape index (κ2) is 1.92. The molecule has 1 atom stereocenters. The van der Waals surface area contributed by atoms with E-state index in [0.29, 0.717) is 12.5 Å². The minimum Gasteiger partial charge on any atom is -0.423 e. The van der Waals surface area contributed by atoms with Crippen LogP contribution in [0.25, 0.3) is 0 Å². The summed E-state index contributed by atoms with van der Waals surface area (Å²) in [5.74, 6) is 0.324. The smallest absolute Gasteiger partial charge is 0.423 e. The standard InChI is InChI=1S/C5H9BO2/c1-4-3-8-6(7)5(4)2/h4,7H,2-3H2,1H3. The lowest BCUT2D eigenvalue weighted by molar-refractivity contribution is 0.280. The van der Waals surface area contributed by atoms with Gasteiger partial charge in [-0.05, 0) is 11.4 Å². The van der Waals surface area contributed by atoms with Gasteiger partial charge in [-0.1, -0.05) is 6.92 Å². The van der Waals surface area contributed by atoms with Crippen LogP contribution in [0.4, 0.5) is 0 Å². The molecule has 1 unspecified atom stereocenters. The summed E-state index contributed by atoms with van der Waals surface area (Å²) >= 11 is 0. The van der Waals surface area contributed by atoms with Gasteiger partial charge in [0.1, 0.15) is 0 Å². The number of rotatable bonds is 0. The van der Waals surface area contributed by atoms with Crippen LogP contribution in [0.15, 0.2) is 12.1 Å². The highest BCUT2D eigenvalue weighted by Crippen LogP contribution is 2.18. The zero-order valence-electron chi connectivity index (χ0n) is 4.92. The van der Waals surface area contributed by atoms with Gasteiger partial charge in [-0.2, -0.15) is 0 Å². The first kappa shape index (κ1) is 5.85. The van der Waals surface area contributed by atoms with Gasteiger partial charge < -0.3 is 9.68 Å². The van der Waals surface area contributed by atoms with Gasteiger partial charge in [-0.3, -0.25) is 0 Å². The Morgan fingerprint density at radius 2 is 2.62 bits per heavy atom. The Kier molecular flexibility index (Phi) is 1.40. The molecule has 0 aromatic heterocycles. The zero-order valence-corrected chi connectivity index (χ0v) is 4.92. The van der Waals surface area contributed by atoms with Crippen molar-refractivity contribution >= 4 is 7.12 Å². The maximum atomic E-state index is 8.85. The Bertz CT molecular complexity index is 101. The zero-order chi connectivity index (χ0) is 6.15. The maximum Gasteiger partial charge on any atom is 0.486 e. The van der Waals surface area contributed by atoms with Crippen LogP contribution in [0, 0.1) is 5.92 Å². The van der Waals surface area contributed by atoms with Gasteiger partial charge in [0.2, 0.25) is 0 Å². The number of hydrogen-bond acceptors (Lipinski definition) is 2. The molecule has 0 aromatic rings. The van der Waals surface area contributed by atoms with Crippen LogP contribution in [0.1, 0.15) is 6.92 Å². The van der Waals surface area contributed by atoms with E-state index < -0.39 is 7.12 Å². The Hall–Kier alpha value is -0.275. The molecule has 0 bridgehead atoms. The highest BCUT2D eigenvalue weighted by Gasteiger charge is 2.29. The average Bonchev–Trinajstić information content (AvgIpc) is 1.98. The maximum absolute atomic E-state index is 8.85. The van der Waals surface area contributed by atoms with Crippen molar-refractivity contribution in [3.8, 4) is 0 Å². The molecular weight excluding hydrogens is 103 g/mol. The second-order valence-electron chi connectivity index (χ2n) is 2.16. The molecule has 8 heavy (non-hydrogen) atoms. The fourth-order valence-corrected chi connectivity index (χ4v) is 0.693. The lowest BCUT2D eigenvalue weighted by atomic mass is 9.77. The Labute approximate surface area is 49.3 Å². The van der Waals surface area contributed by atoms with Crippen molar-refractivity contribution in [1.82, 2.24) is 0 Å². The van der Waals surface area contributed by atoms with Crippen LogP contribution < -0.4 is 0 Å². The van der Waals surface area contributed by atoms with Gasteiger partial charge in [-0.25, -0.2) is 0 Å². The SMILES string of the molecule is C=C1B(O)OCC1C. The van der Waals surface area contributed by atoms with E-state index >= 15 is 0 Å². The molecule has 3 heteroatoms. The normalized spacial score (nSPS) is 29.5. The summed E-state index contributed by atoms with van der Waals surface area (Å²) in [7, 11) is -0.704. The van der Waals surface area contributed by atoms with E-state index in [1.165, 1.54) is 0 Å². The molecule has 0 aromatic carbocycles. The summed E-state index contributed by atoms with van der Waals surface area (Å²) < 4.78 is 4.83. The predicted molar refractivity (Wildman–Crippen MR) is 32.2 cm³/mol. The first-order valence-electron chi connectivity index (χ1n) is 2.70. The number of hydrogen-bond donors (Lipinski definition) is 1. The molecule has 1 saturated heterocycles. The second-order valence-corrected chi connectivity index (χ2v) is 2.16. The summed E-state index contributed by atoms with van der Waals surface area (Å²) in [5, 5.41) is 8.85. The van der Waals surface area contributed by atoms with Gasteiger partial charge in [0.25, 0.3) is 0 Å². The van der Waals surface area contributed by atoms with Crippen LogP contribution in [0.5, 0.6) is 0 Å². The van der Waals surface area contributed by atoms with Crippen molar-refractivity contribution in [3.05, 3.63) is 12.1 Å². The fourth-order valence-electron chi connectivity index (χ4n) is 0.693. The quantitative estimate of drug-likeness (QED) is 0.454. The van der Waals surface area contributed by atoms with Crippen LogP contribution in [0.2, 0.25) is 0 Å². The largest absolute Gasteiger partial charge is 0.486 e. The van der Waals surface area contributed by atoms with Gasteiger partial charge in [0.15, 0.2) is 0 Å². The molecule has 0 amide bonds. The summed E-state index contributed by atoms with van der Waals surface area (Å²) in [5.41, 5.74) is 0.796. The van der Waals surface area contributed by atoms with Crippen LogP contribution in [-0.2, 0) is 4.65 Å². The van der Waals surface area contributed by atoms with E-state index in [-0.39, 0.29) is 0 Å². The lowest BCUT2D eigenvalue weighted by Gasteiger charge is -1.95. The van der Waals surface area contributed by atoms with Gasteiger partial charge in [-0.15, -0.1) is 6.58 Å². The van der Waals surface area contributed by atoms with E-state index in [1.807, 2.05) is 6.92 Å². The molecular formula is C5H9BO2. The molecule has 1 aliphatic rings. The third-order valence-corrected chi connectivity index (χ3v) is 1.45. The van der Waals surface area contributed by atoms with Crippen molar-refractivity contribution in [1.29, 1.82) is 0 Å². The molecule has 0 aliphatic carbocycles. The third kappa shape index (κ3) is 0.789. The van der Waals surface area contributed by atoms with Crippen molar-refractivity contribution in [3.63, 3.8) is 0 Å². The summed E-state index contributed by atoms with van der Waals surface area (Å²) in [4.78, 5) is 0. The highest BCUT2D eigenvalue weighted by molar-refractivity contribution is 6.53. The van der Waals surface area contributed by atoms with Crippen LogP contribution in [-0.4, -0.2) is 18.7 Å². The Morgan fingerprint density at radius 3 is 2.75 bits per heavy atom. The predicted octanol–water partition coefficient (Wildman–Crippen LogP) is 0.229. The van der Waals surface area contributed by atoms with E-state index in [1.54, 1.807) is 0 Å². The summed E-state index contributed by atoms with van der Waals surface area (Å²) in [6, 6.07) is 0. The molecule has 0 spiro atoms. The third-order valence-electron chi connectivity index (χ3n) is 1.45. The molecule has 44 valence electrons. The molecule has 2 nitrogen and oxygen atoms in total. The van der Waals surface area contributed by atoms with Crippen molar-refractivity contribution < 1.29 is 9.68 Å². The van der Waals surface area contributed by atoms with Crippen molar-refractivity contribution in [2.45, 2.75) is 6.92 Å². The van der Waals surface area contributed by atoms with E-state index in [0.717, 1.165) is 5.47 Å². The van der Waals surface area contributed by atoms with Gasteiger partial charge >= 0.3 is 7.12 Å². The average molecular weight is 112 g/mol. The minimum atomic E-state index is -0.704. The highest BCUT2D eigenvalue weighted by atomic mass is 16.5. The summed E-state index contributed by atoms with van der Waals surface area (Å²) in [6.45, 7) is 6.24. The lowest BCUT2D eigenvalue weighted by Crippen LogP contribution is -2.11. The molecule has 1 aliphatic heterocycles. The van der Waals surface area contributed by atoms with E-state index in [9.17, 15) is 0 Å². The Balaban J connectivity index is 2.57. The molecule has 0 radical (unpaired) electrons. The molecule has 0 saturated carbocycles. The minimum absolute atomic E-state index is 0.324. The van der Waals surface area contributed by atoms with Gasteiger partial charge in [0.05, 0.1) is 0 Å².